The number of hydrogen-bond acceptors (Lipinski definition) is 1. The van der Waals surface area contributed by atoms with E-state index in [0.29, 0.717) is 17.5 Å². The van der Waals surface area contributed by atoms with Crippen LogP contribution in [-0.2, 0) is 11.0 Å². The van der Waals surface area contributed by atoms with E-state index in [1.54, 1.807) is 6.07 Å². The molecule has 0 aliphatic heterocycles. The van der Waals surface area contributed by atoms with Crippen molar-refractivity contribution in [2.45, 2.75) is 37.9 Å². The maximum Gasteiger partial charge on any atom is 0.416 e. The summed E-state index contributed by atoms with van der Waals surface area (Å²) in [6.45, 7) is 0.788. The first-order chi connectivity index (χ1) is 10.4. The minimum atomic E-state index is -4.36. The highest BCUT2D eigenvalue weighted by Crippen LogP contribution is 2.35. The quantitative estimate of drug-likeness (QED) is 0.749. The Bertz CT molecular complexity index is 586. The molecular formula is C17H18F3NO. The lowest BCUT2D eigenvalue weighted by Gasteiger charge is -2.20. The maximum atomic E-state index is 12.7. The van der Waals surface area contributed by atoms with Gasteiger partial charge < -0.3 is 4.90 Å². The number of carbonyl (C=O) groups is 1. The van der Waals surface area contributed by atoms with Gasteiger partial charge in [-0.2, -0.15) is 13.2 Å². The van der Waals surface area contributed by atoms with Crippen LogP contribution in [0, 0.1) is 5.92 Å². The van der Waals surface area contributed by atoms with Crippen molar-refractivity contribution >= 4 is 12.0 Å². The molecule has 2 saturated carbocycles. The molecule has 2 aliphatic carbocycles. The minimum absolute atomic E-state index is 0.0909. The van der Waals surface area contributed by atoms with E-state index in [9.17, 15) is 18.0 Å². The predicted molar refractivity (Wildman–Crippen MR) is 77.9 cm³/mol. The molecule has 0 aromatic heterocycles. The number of rotatable bonds is 5. The monoisotopic (exact) mass is 309 g/mol. The molecule has 118 valence electrons. The van der Waals surface area contributed by atoms with Gasteiger partial charge in [0.2, 0.25) is 5.91 Å². The average molecular weight is 309 g/mol. The van der Waals surface area contributed by atoms with E-state index in [0.717, 1.165) is 31.5 Å². The van der Waals surface area contributed by atoms with Crippen molar-refractivity contribution in [3.63, 3.8) is 0 Å². The van der Waals surface area contributed by atoms with Gasteiger partial charge in [0.15, 0.2) is 0 Å². The summed E-state index contributed by atoms with van der Waals surface area (Å²) in [6.07, 6.45) is 2.93. The first-order valence-corrected chi connectivity index (χ1v) is 7.59. The van der Waals surface area contributed by atoms with Gasteiger partial charge in [-0.1, -0.05) is 12.1 Å². The van der Waals surface area contributed by atoms with Crippen molar-refractivity contribution in [3.8, 4) is 0 Å². The van der Waals surface area contributed by atoms with Crippen LogP contribution in [0.4, 0.5) is 13.2 Å². The summed E-state index contributed by atoms with van der Waals surface area (Å²) >= 11 is 0. The van der Waals surface area contributed by atoms with Gasteiger partial charge in [0, 0.05) is 18.7 Å². The van der Waals surface area contributed by atoms with Gasteiger partial charge in [-0.3, -0.25) is 4.79 Å². The van der Waals surface area contributed by atoms with E-state index < -0.39 is 11.7 Å². The third-order valence-electron chi connectivity index (χ3n) is 4.05. The maximum absolute atomic E-state index is 12.7. The Morgan fingerprint density at radius 1 is 1.23 bits per heavy atom. The van der Waals surface area contributed by atoms with Crippen molar-refractivity contribution in [2.24, 2.45) is 5.92 Å². The Morgan fingerprint density at radius 2 is 1.95 bits per heavy atom. The molecule has 1 aromatic carbocycles. The van der Waals surface area contributed by atoms with Gasteiger partial charge in [-0.15, -0.1) is 0 Å². The zero-order valence-corrected chi connectivity index (χ0v) is 12.1. The Labute approximate surface area is 127 Å². The summed E-state index contributed by atoms with van der Waals surface area (Å²) in [5.74, 6) is 0.526. The van der Waals surface area contributed by atoms with Gasteiger partial charge in [0.05, 0.1) is 5.56 Å². The third-order valence-corrected chi connectivity index (χ3v) is 4.05. The second-order valence-corrected chi connectivity index (χ2v) is 6.12. The van der Waals surface area contributed by atoms with Crippen molar-refractivity contribution < 1.29 is 18.0 Å². The standard InChI is InChI=1S/C17H18F3NO/c18-17(19,20)14-3-1-2-12(10-14)6-9-16(22)21(15-7-8-15)11-13-4-5-13/h1-3,6,9-10,13,15H,4-5,7-8,11H2/b9-6+. The molecule has 0 spiro atoms. The van der Waals surface area contributed by atoms with Gasteiger partial charge in [0.1, 0.15) is 0 Å². The second kappa shape index (κ2) is 5.78. The van der Waals surface area contributed by atoms with Crippen molar-refractivity contribution in [3.05, 3.63) is 41.5 Å². The molecular weight excluding hydrogens is 291 g/mol. The fourth-order valence-corrected chi connectivity index (χ4v) is 2.47. The molecule has 1 amide bonds. The molecule has 0 bridgehead atoms. The molecule has 2 aliphatic rings. The highest BCUT2D eigenvalue weighted by Gasteiger charge is 2.35. The second-order valence-electron chi connectivity index (χ2n) is 6.12. The number of carbonyl (C=O) groups excluding carboxylic acids is 1. The van der Waals surface area contributed by atoms with E-state index in [1.165, 1.54) is 31.1 Å². The largest absolute Gasteiger partial charge is 0.416 e. The lowest BCUT2D eigenvalue weighted by Crippen LogP contribution is -2.33. The summed E-state index contributed by atoms with van der Waals surface area (Å²) in [4.78, 5) is 14.1. The molecule has 5 heteroatoms. The fraction of sp³-hybridized carbons (Fsp3) is 0.471. The van der Waals surface area contributed by atoms with Crippen LogP contribution in [0.3, 0.4) is 0 Å². The van der Waals surface area contributed by atoms with Crippen LogP contribution < -0.4 is 0 Å². The highest BCUT2D eigenvalue weighted by molar-refractivity contribution is 5.92. The minimum Gasteiger partial charge on any atom is -0.336 e. The molecule has 0 unspecified atom stereocenters. The Balaban J connectivity index is 1.68. The number of amides is 1. The molecule has 3 rings (SSSR count). The first-order valence-electron chi connectivity index (χ1n) is 7.59. The van der Waals surface area contributed by atoms with Crippen LogP contribution in [0.15, 0.2) is 30.3 Å². The number of hydrogen-bond donors (Lipinski definition) is 0. The van der Waals surface area contributed by atoms with E-state index in [2.05, 4.69) is 0 Å². The molecule has 1 aromatic rings. The van der Waals surface area contributed by atoms with Crippen molar-refractivity contribution in [2.75, 3.05) is 6.54 Å². The van der Waals surface area contributed by atoms with Gasteiger partial charge in [-0.05, 0) is 55.4 Å². The SMILES string of the molecule is O=C(/C=C/c1cccc(C(F)(F)F)c1)N(CC1CC1)C1CC1. The topological polar surface area (TPSA) is 20.3 Å². The summed E-state index contributed by atoms with van der Waals surface area (Å²) in [5.41, 5.74) is -0.301. The van der Waals surface area contributed by atoms with E-state index in [4.69, 9.17) is 0 Å². The number of halogens is 3. The zero-order chi connectivity index (χ0) is 15.7. The van der Waals surface area contributed by atoms with Crippen LogP contribution >= 0.6 is 0 Å². The van der Waals surface area contributed by atoms with Crippen LogP contribution in [-0.4, -0.2) is 23.4 Å². The molecule has 0 saturated heterocycles. The van der Waals surface area contributed by atoms with Crippen LogP contribution in [0.2, 0.25) is 0 Å². The summed E-state index contributed by atoms with van der Waals surface area (Å²) in [6, 6.07) is 5.35. The smallest absolute Gasteiger partial charge is 0.336 e. The molecule has 2 nitrogen and oxygen atoms in total. The lowest BCUT2D eigenvalue weighted by molar-refractivity contribution is -0.137. The predicted octanol–water partition coefficient (Wildman–Crippen LogP) is 4.12. The van der Waals surface area contributed by atoms with E-state index >= 15 is 0 Å². The summed E-state index contributed by atoms with van der Waals surface area (Å²) < 4.78 is 38.0. The Hall–Kier alpha value is -1.78. The van der Waals surface area contributed by atoms with Crippen LogP contribution in [0.1, 0.15) is 36.8 Å². The molecule has 0 heterocycles. The summed E-state index contributed by atoms with van der Waals surface area (Å²) in [5, 5.41) is 0. The third kappa shape index (κ3) is 3.90. The number of benzene rings is 1. The van der Waals surface area contributed by atoms with Crippen LogP contribution in [0.5, 0.6) is 0 Å². The van der Waals surface area contributed by atoms with E-state index in [1.807, 2.05) is 4.90 Å². The Morgan fingerprint density at radius 3 is 2.55 bits per heavy atom. The normalized spacial score (nSPS) is 18.7. The molecule has 0 radical (unpaired) electrons. The summed E-state index contributed by atoms with van der Waals surface area (Å²) in [7, 11) is 0. The average Bonchev–Trinajstić information content (AvgIpc) is 3.35. The van der Waals surface area contributed by atoms with E-state index in [-0.39, 0.29) is 5.91 Å². The van der Waals surface area contributed by atoms with Gasteiger partial charge in [-0.25, -0.2) is 0 Å². The molecule has 0 N–H and O–H groups in total. The van der Waals surface area contributed by atoms with Gasteiger partial charge in [0.25, 0.3) is 0 Å². The highest BCUT2D eigenvalue weighted by atomic mass is 19.4. The molecule has 0 atom stereocenters. The first kappa shape index (κ1) is 15.1. The number of alkyl halides is 3. The molecule has 2 fully saturated rings. The fourth-order valence-electron chi connectivity index (χ4n) is 2.47. The van der Waals surface area contributed by atoms with Crippen LogP contribution in [0.25, 0.3) is 6.08 Å². The Kier molecular flexibility index (Phi) is 3.98. The van der Waals surface area contributed by atoms with Gasteiger partial charge >= 0.3 is 6.18 Å². The van der Waals surface area contributed by atoms with Crippen molar-refractivity contribution in [1.82, 2.24) is 4.90 Å². The van der Waals surface area contributed by atoms with Crippen molar-refractivity contribution in [1.29, 1.82) is 0 Å². The zero-order valence-electron chi connectivity index (χ0n) is 12.1. The molecule has 22 heavy (non-hydrogen) atoms. The number of nitrogens with zero attached hydrogens (tertiary/aromatic N) is 1. The lowest BCUT2D eigenvalue weighted by atomic mass is 10.1.